The summed E-state index contributed by atoms with van der Waals surface area (Å²) in [6.07, 6.45) is 2.14. The average Bonchev–Trinajstić information content (AvgIpc) is 2.49. The first-order valence-electron chi connectivity index (χ1n) is 7.15. The number of morpholine rings is 1. The lowest BCUT2D eigenvalue weighted by Crippen LogP contribution is -2.47. The van der Waals surface area contributed by atoms with Crippen molar-refractivity contribution in [2.24, 2.45) is 5.73 Å². The quantitative estimate of drug-likeness (QED) is 0.910. The Balaban J connectivity index is 2.12. The molecule has 1 aliphatic heterocycles. The molecule has 0 spiro atoms. The molecule has 1 saturated heterocycles. The van der Waals surface area contributed by atoms with Crippen LogP contribution >= 0.6 is 0 Å². The third kappa shape index (κ3) is 2.25. The predicted octanol–water partition coefficient (Wildman–Crippen LogP) is 2.31. The monoisotopic (exact) mass is 271 g/mol. The number of rotatable bonds is 2. The van der Waals surface area contributed by atoms with E-state index in [1.165, 1.54) is 10.8 Å². The van der Waals surface area contributed by atoms with Crippen LogP contribution in [0.5, 0.6) is 0 Å². The molecule has 2 atom stereocenters. The molecule has 1 aliphatic rings. The topological polar surface area (TPSA) is 51.4 Å². The Labute approximate surface area is 119 Å². The van der Waals surface area contributed by atoms with Crippen molar-refractivity contribution >= 4 is 16.6 Å². The van der Waals surface area contributed by atoms with Gasteiger partial charge in [0, 0.05) is 24.7 Å². The number of hydrogen-bond acceptors (Lipinski definition) is 4. The van der Waals surface area contributed by atoms with E-state index in [1.807, 2.05) is 6.20 Å². The fourth-order valence-corrected chi connectivity index (χ4v) is 2.83. The second-order valence-corrected chi connectivity index (χ2v) is 5.50. The number of pyridine rings is 1. The Morgan fingerprint density at radius 1 is 1.30 bits per heavy atom. The third-order valence-electron chi connectivity index (χ3n) is 3.96. The molecule has 0 aliphatic carbocycles. The van der Waals surface area contributed by atoms with Gasteiger partial charge in [-0.3, -0.25) is 0 Å². The number of benzene rings is 1. The van der Waals surface area contributed by atoms with Crippen molar-refractivity contribution in [1.29, 1.82) is 0 Å². The number of ether oxygens (including phenoxy) is 1. The molecule has 2 aromatic rings. The maximum Gasteiger partial charge on any atom is 0.136 e. The third-order valence-corrected chi connectivity index (χ3v) is 3.96. The molecular formula is C16H21N3O. The van der Waals surface area contributed by atoms with Gasteiger partial charge in [-0.25, -0.2) is 4.98 Å². The SMILES string of the molecule is CC1CN(c2ncc(CN)c3ccccc23)C(C)CO1. The summed E-state index contributed by atoms with van der Waals surface area (Å²) < 4.78 is 5.71. The largest absolute Gasteiger partial charge is 0.375 e. The molecule has 1 fully saturated rings. The van der Waals surface area contributed by atoms with Crippen LogP contribution in [0.25, 0.3) is 10.8 Å². The van der Waals surface area contributed by atoms with Crippen molar-refractivity contribution in [2.45, 2.75) is 32.5 Å². The van der Waals surface area contributed by atoms with Crippen LogP contribution in [-0.4, -0.2) is 30.3 Å². The van der Waals surface area contributed by atoms with Gasteiger partial charge < -0.3 is 15.4 Å². The summed E-state index contributed by atoms with van der Waals surface area (Å²) >= 11 is 0. The van der Waals surface area contributed by atoms with Gasteiger partial charge in [0.2, 0.25) is 0 Å². The summed E-state index contributed by atoms with van der Waals surface area (Å²) in [4.78, 5) is 7.02. The molecule has 2 heterocycles. The predicted molar refractivity (Wildman–Crippen MR) is 81.9 cm³/mol. The van der Waals surface area contributed by atoms with Crippen molar-refractivity contribution in [3.8, 4) is 0 Å². The maximum absolute atomic E-state index is 5.82. The van der Waals surface area contributed by atoms with Crippen molar-refractivity contribution in [1.82, 2.24) is 4.98 Å². The number of nitrogens with two attached hydrogens (primary N) is 1. The van der Waals surface area contributed by atoms with E-state index in [0.717, 1.165) is 24.5 Å². The zero-order chi connectivity index (χ0) is 14.1. The number of nitrogens with zero attached hydrogens (tertiary/aromatic N) is 2. The first-order valence-corrected chi connectivity index (χ1v) is 7.15. The van der Waals surface area contributed by atoms with Crippen LogP contribution in [0.4, 0.5) is 5.82 Å². The molecule has 3 rings (SSSR count). The molecule has 2 N–H and O–H groups in total. The average molecular weight is 271 g/mol. The van der Waals surface area contributed by atoms with Gasteiger partial charge in [0.05, 0.1) is 18.8 Å². The van der Waals surface area contributed by atoms with E-state index in [0.29, 0.717) is 12.6 Å². The maximum atomic E-state index is 5.82. The second-order valence-electron chi connectivity index (χ2n) is 5.50. The summed E-state index contributed by atoms with van der Waals surface area (Å²) in [5.41, 5.74) is 6.92. The van der Waals surface area contributed by atoms with Crippen LogP contribution in [0.1, 0.15) is 19.4 Å². The van der Waals surface area contributed by atoms with Crippen LogP contribution < -0.4 is 10.6 Å². The normalized spacial score (nSPS) is 23.2. The summed E-state index contributed by atoms with van der Waals surface area (Å²) in [6.45, 7) is 6.42. The van der Waals surface area contributed by atoms with Gasteiger partial charge in [-0.05, 0) is 24.8 Å². The lowest BCUT2D eigenvalue weighted by atomic mass is 10.1. The van der Waals surface area contributed by atoms with E-state index in [4.69, 9.17) is 10.5 Å². The Morgan fingerprint density at radius 3 is 2.80 bits per heavy atom. The number of hydrogen-bond donors (Lipinski definition) is 1. The van der Waals surface area contributed by atoms with Crippen molar-refractivity contribution in [3.63, 3.8) is 0 Å². The Morgan fingerprint density at radius 2 is 2.05 bits per heavy atom. The van der Waals surface area contributed by atoms with Crippen molar-refractivity contribution in [2.75, 3.05) is 18.1 Å². The van der Waals surface area contributed by atoms with Gasteiger partial charge in [-0.1, -0.05) is 24.3 Å². The molecule has 2 unspecified atom stereocenters. The molecule has 0 radical (unpaired) electrons. The lowest BCUT2D eigenvalue weighted by molar-refractivity contribution is 0.0342. The van der Waals surface area contributed by atoms with Gasteiger partial charge in [0.15, 0.2) is 0 Å². The first-order chi connectivity index (χ1) is 9.70. The fraction of sp³-hybridized carbons (Fsp3) is 0.438. The van der Waals surface area contributed by atoms with E-state index in [2.05, 4.69) is 48.0 Å². The lowest BCUT2D eigenvalue weighted by Gasteiger charge is -2.38. The standard InChI is InChI=1S/C16H21N3O/c1-11-10-20-12(2)9-19(11)16-15-6-4-3-5-14(15)13(7-17)8-18-16/h3-6,8,11-12H,7,9-10,17H2,1-2H3. The van der Waals surface area contributed by atoms with Gasteiger partial charge in [0.1, 0.15) is 5.82 Å². The molecule has 106 valence electrons. The van der Waals surface area contributed by atoms with E-state index in [1.54, 1.807) is 0 Å². The molecule has 4 nitrogen and oxygen atoms in total. The molecule has 1 aromatic carbocycles. The number of anilines is 1. The van der Waals surface area contributed by atoms with E-state index < -0.39 is 0 Å². The Hall–Kier alpha value is -1.65. The second kappa shape index (κ2) is 5.38. The first kappa shape index (κ1) is 13.3. The summed E-state index contributed by atoms with van der Waals surface area (Å²) in [6, 6.07) is 8.70. The zero-order valence-corrected chi connectivity index (χ0v) is 12.0. The highest BCUT2D eigenvalue weighted by Gasteiger charge is 2.26. The minimum Gasteiger partial charge on any atom is -0.375 e. The highest BCUT2D eigenvalue weighted by atomic mass is 16.5. The van der Waals surface area contributed by atoms with Crippen LogP contribution in [0.3, 0.4) is 0 Å². The molecule has 0 bridgehead atoms. The summed E-state index contributed by atoms with van der Waals surface area (Å²) in [5.74, 6) is 1.04. The Kier molecular flexibility index (Phi) is 3.59. The highest BCUT2D eigenvalue weighted by molar-refractivity contribution is 5.94. The van der Waals surface area contributed by atoms with Gasteiger partial charge in [0.25, 0.3) is 0 Å². The van der Waals surface area contributed by atoms with E-state index in [9.17, 15) is 0 Å². The summed E-state index contributed by atoms with van der Waals surface area (Å²) in [7, 11) is 0. The molecule has 0 amide bonds. The van der Waals surface area contributed by atoms with Crippen LogP contribution in [-0.2, 0) is 11.3 Å². The fourth-order valence-electron chi connectivity index (χ4n) is 2.83. The summed E-state index contributed by atoms with van der Waals surface area (Å²) in [5, 5.41) is 2.38. The zero-order valence-electron chi connectivity index (χ0n) is 12.0. The number of aromatic nitrogens is 1. The number of fused-ring (bicyclic) bond motifs is 1. The van der Waals surface area contributed by atoms with Gasteiger partial charge in [-0.15, -0.1) is 0 Å². The smallest absolute Gasteiger partial charge is 0.136 e. The molecule has 20 heavy (non-hydrogen) atoms. The minimum atomic E-state index is 0.237. The van der Waals surface area contributed by atoms with Gasteiger partial charge in [-0.2, -0.15) is 0 Å². The van der Waals surface area contributed by atoms with Crippen LogP contribution in [0.2, 0.25) is 0 Å². The van der Waals surface area contributed by atoms with Crippen molar-refractivity contribution < 1.29 is 4.74 Å². The molecule has 0 saturated carbocycles. The van der Waals surface area contributed by atoms with Crippen molar-refractivity contribution in [3.05, 3.63) is 36.0 Å². The Bertz CT molecular complexity index is 614. The van der Waals surface area contributed by atoms with Gasteiger partial charge >= 0.3 is 0 Å². The van der Waals surface area contributed by atoms with Crippen LogP contribution in [0, 0.1) is 0 Å². The minimum absolute atomic E-state index is 0.237. The van der Waals surface area contributed by atoms with E-state index >= 15 is 0 Å². The van der Waals surface area contributed by atoms with E-state index in [-0.39, 0.29) is 6.10 Å². The molecule has 4 heteroatoms. The molecular weight excluding hydrogens is 250 g/mol. The molecule has 1 aromatic heterocycles. The van der Waals surface area contributed by atoms with Crippen LogP contribution in [0.15, 0.2) is 30.5 Å². The highest BCUT2D eigenvalue weighted by Crippen LogP contribution is 2.29.